The minimum Gasteiger partial charge on any atom is -0.492 e. The molecule has 2 amide bonds. The van der Waals surface area contributed by atoms with Gasteiger partial charge in [-0.05, 0) is 51.3 Å². The first-order valence-electron chi connectivity index (χ1n) is 13.8. The van der Waals surface area contributed by atoms with Gasteiger partial charge in [0.2, 0.25) is 11.8 Å². The molecule has 3 N–H and O–H groups in total. The summed E-state index contributed by atoms with van der Waals surface area (Å²) in [7, 11) is 3.40. The van der Waals surface area contributed by atoms with Gasteiger partial charge in [-0.15, -0.1) is 0 Å². The molecule has 0 heterocycles. The highest BCUT2D eigenvalue weighted by molar-refractivity contribution is 5.84. The van der Waals surface area contributed by atoms with E-state index in [4.69, 9.17) is 4.74 Å². The van der Waals surface area contributed by atoms with Gasteiger partial charge < -0.3 is 30.4 Å². The van der Waals surface area contributed by atoms with E-state index in [1.165, 1.54) is 10.5 Å². The van der Waals surface area contributed by atoms with Crippen LogP contribution in [0.4, 0.5) is 0 Å². The summed E-state index contributed by atoms with van der Waals surface area (Å²) in [5, 5.41) is 9.01. The first-order chi connectivity index (χ1) is 18.7. The molecule has 0 bridgehead atoms. The molecule has 3 atom stereocenters. The van der Waals surface area contributed by atoms with Crippen molar-refractivity contribution >= 4 is 18.1 Å². The van der Waals surface area contributed by atoms with Crippen LogP contribution in [0.5, 0.6) is 5.75 Å². The Labute approximate surface area is 234 Å². The van der Waals surface area contributed by atoms with E-state index in [-0.39, 0.29) is 23.8 Å². The van der Waals surface area contributed by atoms with Gasteiger partial charge in [-0.2, -0.15) is 0 Å². The number of rotatable bonds is 16. The summed E-state index contributed by atoms with van der Waals surface area (Å²) in [5.74, 6) is 0.851. The van der Waals surface area contributed by atoms with Crippen molar-refractivity contribution < 1.29 is 19.1 Å². The van der Waals surface area contributed by atoms with Crippen LogP contribution in [0, 0.1) is 12.8 Å². The minimum atomic E-state index is -0.456. The highest BCUT2D eigenvalue weighted by atomic mass is 16.5. The number of likely N-dealkylation sites (N-methyl/N-ethyl adjacent to an activating group) is 2. The average molecular weight is 541 g/mol. The lowest BCUT2D eigenvalue weighted by molar-refractivity contribution is -0.137. The molecule has 0 fully saturated rings. The molecule has 216 valence electrons. The normalized spacial score (nSPS) is 12.8. The molecule has 0 aliphatic rings. The third-order valence-electron chi connectivity index (χ3n) is 6.55. The molecule has 39 heavy (non-hydrogen) atoms. The van der Waals surface area contributed by atoms with E-state index in [2.05, 4.69) is 35.0 Å². The topological polar surface area (TPSA) is 99.8 Å². The molecule has 8 heteroatoms. The number of nitrogens with one attached hydrogen (secondary N) is 3. The van der Waals surface area contributed by atoms with Crippen LogP contribution in [0.2, 0.25) is 0 Å². The fraction of sp³-hybridized carbons (Fsp3) is 0.516. The van der Waals surface area contributed by atoms with E-state index < -0.39 is 6.04 Å². The second kappa shape index (κ2) is 19.8. The van der Waals surface area contributed by atoms with Gasteiger partial charge in [-0.1, -0.05) is 74.4 Å². The van der Waals surface area contributed by atoms with E-state index in [0.717, 1.165) is 36.9 Å². The zero-order valence-electron chi connectivity index (χ0n) is 24.5. The Hall–Kier alpha value is -3.23. The molecule has 0 aliphatic carbocycles. The van der Waals surface area contributed by atoms with E-state index in [9.17, 15) is 14.4 Å². The van der Waals surface area contributed by atoms with Gasteiger partial charge in [-0.25, -0.2) is 0 Å². The molecule has 0 aliphatic heterocycles. The molecule has 0 saturated heterocycles. The van der Waals surface area contributed by atoms with Crippen LogP contribution in [0.3, 0.4) is 0 Å². The number of nitrogens with zero attached hydrogens (tertiary/aromatic N) is 1. The molecule has 0 saturated carbocycles. The lowest BCUT2D eigenvalue weighted by Gasteiger charge is -2.30. The average Bonchev–Trinajstić information content (AvgIpc) is 2.95. The molecule has 0 aromatic heterocycles. The lowest BCUT2D eigenvalue weighted by Crippen LogP contribution is -2.52. The number of aryl methyl sites for hydroxylation is 2. The summed E-state index contributed by atoms with van der Waals surface area (Å²) >= 11 is 0. The van der Waals surface area contributed by atoms with Gasteiger partial charge in [0.1, 0.15) is 18.6 Å². The lowest BCUT2D eigenvalue weighted by atomic mass is 9.97. The van der Waals surface area contributed by atoms with Crippen LogP contribution in [0.1, 0.15) is 44.7 Å². The van der Waals surface area contributed by atoms with Crippen LogP contribution < -0.4 is 20.7 Å². The number of para-hydroxylation sites is 1. The van der Waals surface area contributed by atoms with Crippen molar-refractivity contribution in [2.75, 3.05) is 40.3 Å². The van der Waals surface area contributed by atoms with Crippen molar-refractivity contribution in [1.82, 2.24) is 20.9 Å². The van der Waals surface area contributed by atoms with E-state index in [0.29, 0.717) is 26.2 Å². The van der Waals surface area contributed by atoms with E-state index >= 15 is 0 Å². The third kappa shape index (κ3) is 13.4. The Kier molecular flexibility index (Phi) is 17.1. The van der Waals surface area contributed by atoms with Gasteiger partial charge in [0.05, 0.1) is 18.6 Å². The smallest absolute Gasteiger partial charge is 0.240 e. The molecule has 2 aromatic carbocycles. The number of hydrogen-bond donors (Lipinski definition) is 3. The number of benzene rings is 2. The fourth-order valence-electron chi connectivity index (χ4n) is 3.77. The fourth-order valence-corrected chi connectivity index (χ4v) is 3.77. The summed E-state index contributed by atoms with van der Waals surface area (Å²) in [5.41, 5.74) is 2.41. The van der Waals surface area contributed by atoms with Gasteiger partial charge >= 0.3 is 0 Å². The largest absolute Gasteiger partial charge is 0.492 e. The zero-order valence-corrected chi connectivity index (χ0v) is 24.5. The van der Waals surface area contributed by atoms with Gasteiger partial charge in [-0.3, -0.25) is 9.59 Å². The molecular weight excluding hydrogens is 492 g/mol. The predicted molar refractivity (Wildman–Crippen MR) is 158 cm³/mol. The maximum absolute atomic E-state index is 12.8. The van der Waals surface area contributed by atoms with Crippen molar-refractivity contribution in [1.29, 1.82) is 0 Å². The van der Waals surface area contributed by atoms with Crippen molar-refractivity contribution in [3.63, 3.8) is 0 Å². The Morgan fingerprint density at radius 1 is 1.03 bits per heavy atom. The van der Waals surface area contributed by atoms with Crippen LogP contribution in [0.25, 0.3) is 0 Å². The summed E-state index contributed by atoms with van der Waals surface area (Å²) < 4.78 is 5.99. The first-order valence-corrected chi connectivity index (χ1v) is 13.8. The van der Waals surface area contributed by atoms with Gasteiger partial charge in [0.25, 0.3) is 0 Å². The standard InChI is InChI=1S/C24H40N4O4.C7H8/c1-6-18(2)23(24(31)28(5)19(3)17-29)27-14-15-32-21-12-8-7-10-20(21)11-9-13-26-22(30)16-25-4;1-7-5-3-2-4-6-7/h7-8,10,12,17-19,23,25,27H,6,9,11,13-16H2,1-5H3,(H,26,30);2-6H,1H3/t18?,19-,23?;/m0./s1. The Balaban J connectivity index is 0.000000934. The van der Waals surface area contributed by atoms with Crippen molar-refractivity contribution in [2.24, 2.45) is 5.92 Å². The number of amides is 2. The molecule has 0 radical (unpaired) electrons. The monoisotopic (exact) mass is 540 g/mol. The van der Waals surface area contributed by atoms with Crippen molar-refractivity contribution in [3.05, 3.63) is 65.7 Å². The van der Waals surface area contributed by atoms with Gasteiger partial charge in [0.15, 0.2) is 0 Å². The van der Waals surface area contributed by atoms with Crippen molar-refractivity contribution in [2.45, 2.75) is 59.0 Å². The number of ether oxygens (including phenoxy) is 1. The summed E-state index contributed by atoms with van der Waals surface area (Å²) in [6.07, 6.45) is 3.24. The maximum Gasteiger partial charge on any atom is 0.240 e. The molecule has 2 aromatic rings. The van der Waals surface area contributed by atoms with Crippen LogP contribution >= 0.6 is 0 Å². The Morgan fingerprint density at radius 2 is 1.69 bits per heavy atom. The van der Waals surface area contributed by atoms with Crippen molar-refractivity contribution in [3.8, 4) is 5.75 Å². The Bertz CT molecular complexity index is 970. The first kappa shape index (κ1) is 33.8. The number of aldehydes is 1. The predicted octanol–water partition coefficient (Wildman–Crippen LogP) is 3.38. The summed E-state index contributed by atoms with van der Waals surface area (Å²) in [6.45, 7) is 9.73. The summed E-state index contributed by atoms with van der Waals surface area (Å²) in [4.78, 5) is 36.9. The number of hydrogen-bond acceptors (Lipinski definition) is 6. The third-order valence-corrected chi connectivity index (χ3v) is 6.55. The second-order valence-corrected chi connectivity index (χ2v) is 9.74. The highest BCUT2D eigenvalue weighted by Gasteiger charge is 2.28. The number of carbonyl (C=O) groups excluding carboxylic acids is 3. The maximum atomic E-state index is 12.8. The number of carbonyl (C=O) groups is 3. The zero-order chi connectivity index (χ0) is 29.0. The van der Waals surface area contributed by atoms with Gasteiger partial charge in [0, 0.05) is 20.1 Å². The Morgan fingerprint density at radius 3 is 2.28 bits per heavy atom. The minimum absolute atomic E-state index is 0.0123. The van der Waals surface area contributed by atoms with E-state index in [1.54, 1.807) is 21.0 Å². The molecule has 2 rings (SSSR count). The SMILES string of the molecule is CCC(C)C(NCCOc1ccccc1CCCNC(=O)CNC)C(=O)N(C)[C@@H](C)C=O.Cc1ccccc1. The van der Waals surface area contributed by atoms with Crippen LogP contribution in [-0.4, -0.2) is 75.4 Å². The molecule has 0 spiro atoms. The quantitative estimate of drug-likeness (QED) is 0.223. The molecule has 8 nitrogen and oxygen atoms in total. The second-order valence-electron chi connectivity index (χ2n) is 9.74. The van der Waals surface area contributed by atoms with E-state index in [1.807, 2.05) is 56.3 Å². The summed E-state index contributed by atoms with van der Waals surface area (Å²) in [6, 6.07) is 17.3. The van der Waals surface area contributed by atoms with Crippen LogP contribution in [-0.2, 0) is 20.8 Å². The molecular formula is C31H48N4O4. The van der Waals surface area contributed by atoms with Crippen LogP contribution in [0.15, 0.2) is 54.6 Å². The molecule has 2 unspecified atom stereocenters. The highest BCUT2D eigenvalue weighted by Crippen LogP contribution is 2.19.